The minimum Gasteiger partial charge on any atom is -0.313 e. The first-order valence-corrected chi connectivity index (χ1v) is 6.16. The molecule has 2 aliphatic rings. The van der Waals surface area contributed by atoms with Gasteiger partial charge in [0.1, 0.15) is 0 Å². The maximum absolute atomic E-state index is 3.66. The van der Waals surface area contributed by atoms with Crippen molar-refractivity contribution in [3.05, 3.63) is 34.9 Å². The third-order valence-corrected chi connectivity index (χ3v) is 3.86. The summed E-state index contributed by atoms with van der Waals surface area (Å²) in [6.07, 6.45) is 5.43. The van der Waals surface area contributed by atoms with Gasteiger partial charge in [-0.25, -0.2) is 0 Å². The van der Waals surface area contributed by atoms with Crippen molar-refractivity contribution in [3.8, 4) is 0 Å². The van der Waals surface area contributed by atoms with Crippen LogP contribution in [0.3, 0.4) is 0 Å². The van der Waals surface area contributed by atoms with E-state index in [1.807, 2.05) is 0 Å². The largest absolute Gasteiger partial charge is 0.313 e. The highest BCUT2D eigenvalue weighted by atomic mass is 14.9. The summed E-state index contributed by atoms with van der Waals surface area (Å²) in [7, 11) is 0. The molecule has 1 fully saturated rings. The van der Waals surface area contributed by atoms with Gasteiger partial charge in [0, 0.05) is 12.6 Å². The molecule has 1 N–H and O–H groups in total. The molecule has 2 aliphatic carbocycles. The minimum atomic E-state index is 0.778. The Bertz CT molecular complexity index is 366. The summed E-state index contributed by atoms with van der Waals surface area (Å²) in [4.78, 5) is 0. The van der Waals surface area contributed by atoms with Gasteiger partial charge < -0.3 is 5.32 Å². The van der Waals surface area contributed by atoms with Gasteiger partial charge in [-0.3, -0.25) is 0 Å². The Hall–Kier alpha value is -0.820. The molecule has 0 aliphatic heterocycles. The normalized spacial score (nSPS) is 24.2. The zero-order chi connectivity index (χ0) is 10.3. The van der Waals surface area contributed by atoms with Gasteiger partial charge in [0.15, 0.2) is 0 Å². The van der Waals surface area contributed by atoms with Gasteiger partial charge >= 0.3 is 0 Å². The molecule has 0 radical (unpaired) electrons. The van der Waals surface area contributed by atoms with Gasteiger partial charge in [-0.1, -0.05) is 18.2 Å². The molecule has 0 heterocycles. The first-order valence-electron chi connectivity index (χ1n) is 6.16. The summed E-state index contributed by atoms with van der Waals surface area (Å²) < 4.78 is 0. The lowest BCUT2D eigenvalue weighted by atomic mass is 9.99. The SMILES string of the molecule is Cc1cccc2c1CCC2CNC1CC1. The van der Waals surface area contributed by atoms with Crippen LogP contribution in [0, 0.1) is 6.92 Å². The van der Waals surface area contributed by atoms with E-state index in [4.69, 9.17) is 0 Å². The molecular formula is C14H19N. The van der Waals surface area contributed by atoms with E-state index >= 15 is 0 Å². The van der Waals surface area contributed by atoms with Crippen LogP contribution >= 0.6 is 0 Å². The van der Waals surface area contributed by atoms with Crippen molar-refractivity contribution in [2.24, 2.45) is 0 Å². The number of aryl methyl sites for hydroxylation is 1. The van der Waals surface area contributed by atoms with E-state index in [-0.39, 0.29) is 0 Å². The molecule has 0 saturated heterocycles. The number of hydrogen-bond acceptors (Lipinski definition) is 1. The van der Waals surface area contributed by atoms with E-state index in [0.717, 1.165) is 12.0 Å². The highest BCUT2D eigenvalue weighted by Gasteiger charge is 2.26. The van der Waals surface area contributed by atoms with Crippen LogP contribution in [-0.2, 0) is 6.42 Å². The van der Waals surface area contributed by atoms with E-state index in [9.17, 15) is 0 Å². The molecule has 1 atom stereocenters. The van der Waals surface area contributed by atoms with Crippen LogP contribution in [0.25, 0.3) is 0 Å². The van der Waals surface area contributed by atoms with Crippen LogP contribution in [0.5, 0.6) is 0 Å². The van der Waals surface area contributed by atoms with Gasteiger partial charge in [0.2, 0.25) is 0 Å². The molecular weight excluding hydrogens is 182 g/mol. The predicted octanol–water partition coefficient (Wildman–Crippen LogP) is 2.78. The standard InChI is InChI=1S/C14H19N/c1-10-3-2-4-14-11(5-8-13(10)14)9-15-12-6-7-12/h2-4,11-12,15H,5-9H2,1H3. The molecule has 15 heavy (non-hydrogen) atoms. The number of benzene rings is 1. The predicted molar refractivity (Wildman–Crippen MR) is 63.3 cm³/mol. The van der Waals surface area contributed by atoms with Crippen LogP contribution < -0.4 is 5.32 Å². The van der Waals surface area contributed by atoms with E-state index < -0.39 is 0 Å². The molecule has 1 saturated carbocycles. The molecule has 0 aromatic heterocycles. The molecule has 3 rings (SSSR count). The Morgan fingerprint density at radius 2 is 2.13 bits per heavy atom. The zero-order valence-corrected chi connectivity index (χ0v) is 9.42. The lowest BCUT2D eigenvalue weighted by Gasteiger charge is -2.12. The van der Waals surface area contributed by atoms with Crippen molar-refractivity contribution in [3.63, 3.8) is 0 Å². The van der Waals surface area contributed by atoms with Crippen molar-refractivity contribution in [1.82, 2.24) is 5.32 Å². The molecule has 0 bridgehead atoms. The molecule has 1 aromatic rings. The third kappa shape index (κ3) is 1.81. The topological polar surface area (TPSA) is 12.0 Å². The average Bonchev–Trinajstić information content (AvgIpc) is 2.97. The Labute approximate surface area is 91.9 Å². The van der Waals surface area contributed by atoms with Gasteiger partial charge in [-0.2, -0.15) is 0 Å². The van der Waals surface area contributed by atoms with Crippen molar-refractivity contribution in [1.29, 1.82) is 0 Å². The molecule has 80 valence electrons. The van der Waals surface area contributed by atoms with Gasteiger partial charge in [-0.05, 0) is 55.2 Å². The Balaban J connectivity index is 1.75. The summed E-state index contributed by atoms with van der Waals surface area (Å²) in [5.41, 5.74) is 4.73. The minimum absolute atomic E-state index is 0.778. The van der Waals surface area contributed by atoms with Crippen molar-refractivity contribution < 1.29 is 0 Å². The Morgan fingerprint density at radius 1 is 1.27 bits per heavy atom. The van der Waals surface area contributed by atoms with Gasteiger partial charge in [-0.15, -0.1) is 0 Å². The van der Waals surface area contributed by atoms with E-state index in [2.05, 4.69) is 30.4 Å². The second-order valence-corrected chi connectivity index (χ2v) is 5.06. The first kappa shape index (κ1) is 9.41. The second-order valence-electron chi connectivity index (χ2n) is 5.06. The summed E-state index contributed by atoms with van der Waals surface area (Å²) >= 11 is 0. The number of hydrogen-bond donors (Lipinski definition) is 1. The fraction of sp³-hybridized carbons (Fsp3) is 0.571. The highest BCUT2D eigenvalue weighted by Crippen LogP contribution is 2.34. The Morgan fingerprint density at radius 3 is 2.93 bits per heavy atom. The van der Waals surface area contributed by atoms with Gasteiger partial charge in [0.05, 0.1) is 0 Å². The smallest absolute Gasteiger partial charge is 0.00684 e. The van der Waals surface area contributed by atoms with Crippen molar-refractivity contribution in [2.75, 3.05) is 6.54 Å². The molecule has 1 aromatic carbocycles. The maximum Gasteiger partial charge on any atom is 0.00684 e. The lowest BCUT2D eigenvalue weighted by molar-refractivity contribution is 0.576. The molecule has 1 heteroatoms. The van der Waals surface area contributed by atoms with Gasteiger partial charge in [0.25, 0.3) is 0 Å². The average molecular weight is 201 g/mol. The number of fused-ring (bicyclic) bond motifs is 1. The van der Waals surface area contributed by atoms with Crippen LogP contribution in [0.2, 0.25) is 0 Å². The summed E-state index contributed by atoms with van der Waals surface area (Å²) in [6.45, 7) is 3.44. The Kier molecular flexibility index (Phi) is 2.28. The van der Waals surface area contributed by atoms with E-state index in [1.54, 1.807) is 11.1 Å². The van der Waals surface area contributed by atoms with Crippen LogP contribution in [0.15, 0.2) is 18.2 Å². The first-order chi connectivity index (χ1) is 7.34. The zero-order valence-electron chi connectivity index (χ0n) is 9.42. The van der Waals surface area contributed by atoms with E-state index in [0.29, 0.717) is 0 Å². The fourth-order valence-electron chi connectivity index (χ4n) is 2.73. The number of nitrogens with one attached hydrogen (secondary N) is 1. The fourth-order valence-corrected chi connectivity index (χ4v) is 2.73. The van der Waals surface area contributed by atoms with Crippen LogP contribution in [0.4, 0.5) is 0 Å². The highest BCUT2D eigenvalue weighted by molar-refractivity contribution is 5.40. The van der Waals surface area contributed by atoms with Crippen molar-refractivity contribution in [2.45, 2.75) is 44.6 Å². The quantitative estimate of drug-likeness (QED) is 0.793. The van der Waals surface area contributed by atoms with E-state index in [1.165, 1.54) is 37.8 Å². The van der Waals surface area contributed by atoms with Crippen LogP contribution in [0.1, 0.15) is 41.9 Å². The maximum atomic E-state index is 3.66. The molecule has 0 amide bonds. The monoisotopic (exact) mass is 201 g/mol. The summed E-state index contributed by atoms with van der Waals surface area (Å²) in [6, 6.07) is 7.63. The number of rotatable bonds is 3. The molecule has 1 nitrogen and oxygen atoms in total. The summed E-state index contributed by atoms with van der Waals surface area (Å²) in [5.74, 6) is 0.778. The summed E-state index contributed by atoms with van der Waals surface area (Å²) in [5, 5.41) is 3.66. The molecule has 1 unspecified atom stereocenters. The van der Waals surface area contributed by atoms with Crippen molar-refractivity contribution >= 4 is 0 Å². The third-order valence-electron chi connectivity index (χ3n) is 3.86. The van der Waals surface area contributed by atoms with Crippen LogP contribution in [-0.4, -0.2) is 12.6 Å². The lowest BCUT2D eigenvalue weighted by Crippen LogP contribution is -2.22. The molecule has 0 spiro atoms. The second kappa shape index (κ2) is 3.64.